The maximum absolute atomic E-state index is 12.4. The van der Waals surface area contributed by atoms with Crippen molar-refractivity contribution in [2.45, 2.75) is 27.3 Å². The van der Waals surface area contributed by atoms with Gasteiger partial charge in [0.2, 0.25) is 0 Å². The Bertz CT molecular complexity index is 875. The van der Waals surface area contributed by atoms with Gasteiger partial charge in [-0.25, -0.2) is 9.97 Å². The zero-order chi connectivity index (χ0) is 17.3. The number of furan rings is 1. The Balaban J connectivity index is 1.78. The molecule has 3 rings (SSSR count). The van der Waals surface area contributed by atoms with E-state index in [1.54, 1.807) is 17.7 Å². The summed E-state index contributed by atoms with van der Waals surface area (Å²) in [7, 11) is 1.87. The highest BCUT2D eigenvalue weighted by Gasteiger charge is 2.14. The van der Waals surface area contributed by atoms with Gasteiger partial charge in [-0.2, -0.15) is 5.10 Å². The summed E-state index contributed by atoms with van der Waals surface area (Å²) < 4.78 is 7.34. The number of amides is 1. The van der Waals surface area contributed by atoms with Crippen LogP contribution in [-0.2, 0) is 13.6 Å². The summed E-state index contributed by atoms with van der Waals surface area (Å²) in [5.74, 6) is 1.65. The molecule has 0 saturated heterocycles. The van der Waals surface area contributed by atoms with E-state index < -0.39 is 0 Å². The lowest BCUT2D eigenvalue weighted by Gasteiger charge is -2.05. The normalized spacial score (nSPS) is 10.8. The third-order valence-corrected chi connectivity index (χ3v) is 3.66. The molecular formula is C17H19N5O2. The van der Waals surface area contributed by atoms with Gasteiger partial charge >= 0.3 is 0 Å². The molecule has 3 heterocycles. The Morgan fingerprint density at radius 3 is 2.62 bits per heavy atom. The third kappa shape index (κ3) is 3.34. The van der Waals surface area contributed by atoms with Gasteiger partial charge in [0.1, 0.15) is 23.0 Å². The Hall–Kier alpha value is -2.96. The fraction of sp³-hybridized carbons (Fsp3) is 0.294. The molecular weight excluding hydrogens is 306 g/mol. The molecule has 0 aromatic carbocycles. The van der Waals surface area contributed by atoms with E-state index in [2.05, 4.69) is 20.4 Å². The number of aromatic nitrogens is 4. The Labute approximate surface area is 139 Å². The summed E-state index contributed by atoms with van der Waals surface area (Å²) in [6, 6.07) is 7.25. The van der Waals surface area contributed by atoms with Crippen LogP contribution in [0.25, 0.3) is 11.5 Å². The number of hydrogen-bond acceptors (Lipinski definition) is 5. The van der Waals surface area contributed by atoms with Crippen LogP contribution in [0.3, 0.4) is 0 Å². The lowest BCUT2D eigenvalue weighted by atomic mass is 10.2. The van der Waals surface area contributed by atoms with Crippen molar-refractivity contribution in [2.75, 3.05) is 0 Å². The van der Waals surface area contributed by atoms with E-state index in [-0.39, 0.29) is 5.91 Å². The molecule has 0 spiro atoms. The maximum atomic E-state index is 12.4. The van der Waals surface area contributed by atoms with Gasteiger partial charge in [0.25, 0.3) is 5.91 Å². The molecule has 0 aliphatic rings. The van der Waals surface area contributed by atoms with E-state index in [0.717, 1.165) is 17.1 Å². The van der Waals surface area contributed by atoms with E-state index in [9.17, 15) is 4.79 Å². The third-order valence-electron chi connectivity index (χ3n) is 3.66. The van der Waals surface area contributed by atoms with Gasteiger partial charge in [-0.3, -0.25) is 9.48 Å². The van der Waals surface area contributed by atoms with Crippen LogP contribution in [0, 0.1) is 20.8 Å². The predicted molar refractivity (Wildman–Crippen MR) is 88.3 cm³/mol. The van der Waals surface area contributed by atoms with Crippen LogP contribution in [0.1, 0.15) is 33.5 Å². The van der Waals surface area contributed by atoms with Crippen molar-refractivity contribution in [3.05, 3.63) is 52.9 Å². The minimum Gasteiger partial charge on any atom is -0.460 e. The summed E-state index contributed by atoms with van der Waals surface area (Å²) in [5.41, 5.74) is 2.73. The average molecular weight is 325 g/mol. The lowest BCUT2D eigenvalue weighted by Crippen LogP contribution is -2.24. The van der Waals surface area contributed by atoms with Gasteiger partial charge in [-0.05, 0) is 45.0 Å². The largest absolute Gasteiger partial charge is 0.460 e. The average Bonchev–Trinajstić information content (AvgIpc) is 3.10. The van der Waals surface area contributed by atoms with Crippen molar-refractivity contribution < 1.29 is 9.21 Å². The molecule has 0 unspecified atom stereocenters. The number of nitrogens with zero attached hydrogens (tertiary/aromatic N) is 4. The number of carbonyl (C=O) groups is 1. The van der Waals surface area contributed by atoms with Crippen LogP contribution in [0.4, 0.5) is 0 Å². The van der Waals surface area contributed by atoms with Gasteiger partial charge in [0, 0.05) is 12.7 Å². The lowest BCUT2D eigenvalue weighted by molar-refractivity contribution is 0.0945. The molecule has 0 aliphatic heterocycles. The van der Waals surface area contributed by atoms with E-state index in [1.165, 1.54) is 0 Å². The summed E-state index contributed by atoms with van der Waals surface area (Å²) in [6.07, 6.45) is 0. The van der Waals surface area contributed by atoms with Crippen LogP contribution in [-0.4, -0.2) is 25.7 Å². The van der Waals surface area contributed by atoms with Gasteiger partial charge in [0.05, 0.1) is 12.2 Å². The second kappa shape index (κ2) is 6.27. The first-order chi connectivity index (χ1) is 11.4. The predicted octanol–water partition coefficient (Wildman–Crippen LogP) is 2.33. The monoisotopic (exact) mass is 325 g/mol. The minimum atomic E-state index is -0.270. The highest BCUT2D eigenvalue weighted by atomic mass is 16.3. The maximum Gasteiger partial charge on any atom is 0.270 e. The highest BCUT2D eigenvalue weighted by molar-refractivity contribution is 5.93. The number of rotatable bonds is 4. The second-order valence-electron chi connectivity index (χ2n) is 5.68. The molecule has 0 saturated carbocycles. The zero-order valence-corrected chi connectivity index (χ0v) is 14.1. The molecule has 7 heteroatoms. The molecule has 0 aliphatic carbocycles. The van der Waals surface area contributed by atoms with Crippen molar-refractivity contribution in [3.8, 4) is 11.5 Å². The molecule has 24 heavy (non-hydrogen) atoms. The first-order valence-electron chi connectivity index (χ1n) is 7.62. The van der Waals surface area contributed by atoms with Crippen LogP contribution in [0.2, 0.25) is 0 Å². The smallest absolute Gasteiger partial charge is 0.270 e. The van der Waals surface area contributed by atoms with Gasteiger partial charge in [-0.15, -0.1) is 0 Å². The fourth-order valence-electron chi connectivity index (χ4n) is 2.37. The van der Waals surface area contributed by atoms with Crippen LogP contribution < -0.4 is 5.32 Å². The van der Waals surface area contributed by atoms with Crippen molar-refractivity contribution in [2.24, 2.45) is 7.05 Å². The van der Waals surface area contributed by atoms with Crippen molar-refractivity contribution in [1.82, 2.24) is 25.1 Å². The fourth-order valence-corrected chi connectivity index (χ4v) is 2.37. The molecule has 3 aromatic rings. The second-order valence-corrected chi connectivity index (χ2v) is 5.68. The molecule has 0 radical (unpaired) electrons. The molecule has 1 N–H and O–H groups in total. The number of carbonyl (C=O) groups excluding carboxylic acids is 1. The topological polar surface area (TPSA) is 85.8 Å². The van der Waals surface area contributed by atoms with E-state index in [1.807, 2.05) is 39.1 Å². The number of hydrogen-bond donors (Lipinski definition) is 1. The highest BCUT2D eigenvalue weighted by Crippen LogP contribution is 2.20. The van der Waals surface area contributed by atoms with Crippen molar-refractivity contribution in [3.63, 3.8) is 0 Å². The molecule has 7 nitrogen and oxygen atoms in total. The van der Waals surface area contributed by atoms with Gasteiger partial charge in [-0.1, -0.05) is 0 Å². The summed E-state index contributed by atoms with van der Waals surface area (Å²) >= 11 is 0. The molecule has 3 aromatic heterocycles. The molecule has 124 valence electrons. The molecule has 0 atom stereocenters. The van der Waals surface area contributed by atoms with Crippen molar-refractivity contribution >= 4 is 5.91 Å². The summed E-state index contributed by atoms with van der Waals surface area (Å²) in [5, 5.41) is 7.15. The minimum absolute atomic E-state index is 0.270. The standard InChI is InChI=1S/C17H19N5O2/c1-10-7-13(21-22(10)4)9-18-17(23)15-8-14(19-12(3)20-15)16-6-5-11(2)24-16/h5-8H,9H2,1-4H3,(H,18,23). The number of aryl methyl sites for hydroxylation is 4. The van der Waals surface area contributed by atoms with E-state index in [4.69, 9.17) is 4.42 Å². The first-order valence-corrected chi connectivity index (χ1v) is 7.62. The van der Waals surface area contributed by atoms with Crippen LogP contribution >= 0.6 is 0 Å². The molecule has 1 amide bonds. The molecule has 0 fully saturated rings. The quantitative estimate of drug-likeness (QED) is 0.795. The van der Waals surface area contributed by atoms with Crippen molar-refractivity contribution in [1.29, 1.82) is 0 Å². The molecule has 0 bridgehead atoms. The number of nitrogens with one attached hydrogen (secondary N) is 1. The Kier molecular flexibility index (Phi) is 4.16. The van der Waals surface area contributed by atoms with Crippen LogP contribution in [0.15, 0.2) is 28.7 Å². The van der Waals surface area contributed by atoms with Gasteiger partial charge < -0.3 is 9.73 Å². The summed E-state index contributed by atoms with van der Waals surface area (Å²) in [6.45, 7) is 5.92. The van der Waals surface area contributed by atoms with E-state index >= 15 is 0 Å². The van der Waals surface area contributed by atoms with Gasteiger partial charge in [0.15, 0.2) is 5.76 Å². The zero-order valence-electron chi connectivity index (χ0n) is 14.1. The first kappa shape index (κ1) is 15.9. The SMILES string of the molecule is Cc1nc(C(=O)NCc2cc(C)n(C)n2)cc(-c2ccc(C)o2)n1. The Morgan fingerprint density at radius 1 is 1.21 bits per heavy atom. The Morgan fingerprint density at radius 2 is 2.00 bits per heavy atom. The van der Waals surface area contributed by atoms with Crippen LogP contribution in [0.5, 0.6) is 0 Å². The summed E-state index contributed by atoms with van der Waals surface area (Å²) in [4.78, 5) is 20.9. The van der Waals surface area contributed by atoms with E-state index in [0.29, 0.717) is 29.5 Å².